The zero-order valence-electron chi connectivity index (χ0n) is 19.9. The molecule has 5 rings (SSSR count). The normalized spacial score (nSPS) is 11.2. The topological polar surface area (TPSA) is 101 Å². The third kappa shape index (κ3) is 4.58. The maximum Gasteiger partial charge on any atom is 0.255 e. The first-order valence-corrected chi connectivity index (χ1v) is 11.9. The van der Waals surface area contributed by atoms with Gasteiger partial charge in [-0.15, -0.1) is 0 Å². The number of aromatic nitrogens is 3. The average molecular weight is 482 g/mol. The average Bonchev–Trinajstić information content (AvgIpc) is 3.51. The Kier molecular flexibility index (Phi) is 6.51. The Morgan fingerprint density at radius 3 is 2.44 bits per heavy atom. The number of aliphatic hydroxyl groups excluding tert-OH is 1. The van der Waals surface area contributed by atoms with E-state index in [1.54, 1.807) is 29.1 Å². The summed E-state index contributed by atoms with van der Waals surface area (Å²) in [4.78, 5) is 25.1. The summed E-state index contributed by atoms with van der Waals surface area (Å²) in [6, 6.07) is 20.4. The van der Waals surface area contributed by atoms with Crippen LogP contribution in [0.5, 0.6) is 0 Å². The van der Waals surface area contributed by atoms with Gasteiger partial charge in [0.05, 0.1) is 24.0 Å². The number of amides is 2. The fourth-order valence-electron chi connectivity index (χ4n) is 4.26. The van der Waals surface area contributed by atoms with Crippen molar-refractivity contribution in [2.75, 3.05) is 18.5 Å². The summed E-state index contributed by atoms with van der Waals surface area (Å²) >= 11 is 0. The number of benzene rings is 3. The minimum Gasteiger partial charge on any atom is -0.395 e. The molecule has 0 spiro atoms. The summed E-state index contributed by atoms with van der Waals surface area (Å²) in [5, 5.41) is 21.4. The fourth-order valence-corrected chi connectivity index (χ4v) is 4.26. The second-order valence-corrected chi connectivity index (χ2v) is 8.59. The summed E-state index contributed by atoms with van der Waals surface area (Å²) in [6.45, 7) is 3.24. The van der Waals surface area contributed by atoms with E-state index in [-0.39, 0.29) is 18.4 Å². The van der Waals surface area contributed by atoms with E-state index in [9.17, 15) is 14.7 Å². The molecule has 8 heteroatoms. The zero-order chi connectivity index (χ0) is 25.1. The molecule has 3 N–H and O–H groups in total. The molecule has 0 radical (unpaired) electrons. The molecule has 182 valence electrons. The van der Waals surface area contributed by atoms with E-state index in [0.717, 1.165) is 33.9 Å². The Morgan fingerprint density at radius 2 is 1.67 bits per heavy atom. The highest BCUT2D eigenvalue weighted by molar-refractivity contribution is 6.07. The van der Waals surface area contributed by atoms with Gasteiger partial charge in [0.1, 0.15) is 0 Å². The third-order valence-corrected chi connectivity index (χ3v) is 6.11. The van der Waals surface area contributed by atoms with Crippen LogP contribution in [0.25, 0.3) is 27.5 Å². The van der Waals surface area contributed by atoms with Crippen LogP contribution in [0.2, 0.25) is 0 Å². The number of hydrogen-bond donors (Lipinski definition) is 3. The van der Waals surface area contributed by atoms with Crippen LogP contribution in [0.15, 0.2) is 79.1 Å². The van der Waals surface area contributed by atoms with Crippen molar-refractivity contribution in [3.05, 3.63) is 90.3 Å². The predicted octanol–water partition coefficient (Wildman–Crippen LogP) is 4.36. The van der Waals surface area contributed by atoms with Gasteiger partial charge in [0.15, 0.2) is 0 Å². The van der Waals surface area contributed by atoms with Gasteiger partial charge < -0.3 is 20.3 Å². The summed E-state index contributed by atoms with van der Waals surface area (Å²) in [5.41, 5.74) is 4.55. The number of aliphatic hydroxyl groups is 1. The van der Waals surface area contributed by atoms with Gasteiger partial charge in [0.2, 0.25) is 0 Å². The van der Waals surface area contributed by atoms with Crippen molar-refractivity contribution in [1.82, 2.24) is 19.7 Å². The van der Waals surface area contributed by atoms with Crippen LogP contribution in [-0.2, 0) is 6.54 Å². The predicted molar refractivity (Wildman–Crippen MR) is 141 cm³/mol. The molecule has 0 bridgehead atoms. The van der Waals surface area contributed by atoms with E-state index < -0.39 is 0 Å². The van der Waals surface area contributed by atoms with Gasteiger partial charge >= 0.3 is 0 Å². The highest BCUT2D eigenvalue weighted by atomic mass is 16.3. The lowest BCUT2D eigenvalue weighted by Crippen LogP contribution is -2.23. The molecule has 0 fully saturated rings. The fraction of sp³-hybridized carbons (Fsp3) is 0.179. The number of nitrogens with one attached hydrogen (secondary N) is 2. The lowest BCUT2D eigenvalue weighted by Gasteiger charge is -2.08. The number of carbonyl (C=O) groups excluding carboxylic acids is 2. The molecule has 3 aromatic carbocycles. The van der Waals surface area contributed by atoms with Crippen molar-refractivity contribution in [3.63, 3.8) is 0 Å². The Bertz CT molecular complexity index is 1550. The number of nitrogens with zero attached hydrogens (tertiary/aromatic N) is 3. The Hall–Kier alpha value is -4.43. The maximum absolute atomic E-state index is 12.9. The van der Waals surface area contributed by atoms with Gasteiger partial charge in [-0.1, -0.05) is 6.92 Å². The maximum atomic E-state index is 12.9. The molecule has 8 nitrogen and oxygen atoms in total. The molecular formula is C28H27N5O3. The van der Waals surface area contributed by atoms with E-state index in [1.165, 1.54) is 0 Å². The largest absolute Gasteiger partial charge is 0.395 e. The lowest BCUT2D eigenvalue weighted by molar-refractivity contribution is 0.0952. The second kappa shape index (κ2) is 10.1. The highest BCUT2D eigenvalue weighted by Crippen LogP contribution is 2.24. The van der Waals surface area contributed by atoms with E-state index >= 15 is 0 Å². The van der Waals surface area contributed by atoms with Crippen LogP contribution in [0.4, 0.5) is 5.69 Å². The molecule has 2 heterocycles. The third-order valence-electron chi connectivity index (χ3n) is 6.11. The van der Waals surface area contributed by atoms with Crippen LogP contribution in [-0.4, -0.2) is 44.4 Å². The van der Waals surface area contributed by atoms with E-state index in [4.69, 9.17) is 0 Å². The smallest absolute Gasteiger partial charge is 0.255 e. The van der Waals surface area contributed by atoms with Crippen molar-refractivity contribution in [2.45, 2.75) is 19.9 Å². The molecule has 2 amide bonds. The SMILES string of the molecule is CCCNC(=O)c1ccc(-n2ncc3cc(NC(=O)c4ccc5c(ccn5CCO)c4)ccc32)cc1. The monoisotopic (exact) mass is 481 g/mol. The summed E-state index contributed by atoms with van der Waals surface area (Å²) in [6.07, 6.45) is 4.55. The van der Waals surface area contributed by atoms with Gasteiger partial charge in [0, 0.05) is 52.4 Å². The Labute approximate surface area is 208 Å². The first-order chi connectivity index (χ1) is 17.6. The van der Waals surface area contributed by atoms with Crippen molar-refractivity contribution >= 4 is 39.3 Å². The zero-order valence-corrected chi connectivity index (χ0v) is 19.9. The Balaban J connectivity index is 1.33. The number of hydrogen-bond acceptors (Lipinski definition) is 4. The van der Waals surface area contributed by atoms with Gasteiger partial charge in [-0.05, 0) is 73.2 Å². The minimum atomic E-state index is -0.199. The summed E-state index contributed by atoms with van der Waals surface area (Å²) in [7, 11) is 0. The molecule has 0 unspecified atom stereocenters. The van der Waals surface area contributed by atoms with Gasteiger partial charge in [-0.25, -0.2) is 4.68 Å². The van der Waals surface area contributed by atoms with Gasteiger partial charge in [-0.3, -0.25) is 9.59 Å². The molecule has 0 aliphatic heterocycles. The van der Waals surface area contributed by atoms with Crippen LogP contribution in [0.3, 0.4) is 0 Å². The Morgan fingerprint density at radius 1 is 0.889 bits per heavy atom. The standard InChI is InChI=1S/C28H27N5O3/c1-2-12-29-27(35)19-3-7-24(8-4-19)33-26-10-6-23(17-22(26)18-30-33)31-28(36)21-5-9-25-20(16-21)11-13-32(25)14-15-34/h3-11,13,16-18,34H,2,12,14-15H2,1H3,(H,29,35)(H,31,36). The number of carbonyl (C=O) groups is 2. The number of fused-ring (bicyclic) bond motifs is 2. The quantitative estimate of drug-likeness (QED) is 0.306. The van der Waals surface area contributed by atoms with E-state index in [2.05, 4.69) is 15.7 Å². The lowest BCUT2D eigenvalue weighted by atomic mass is 10.1. The van der Waals surface area contributed by atoms with E-state index in [0.29, 0.717) is 29.9 Å². The molecule has 2 aromatic heterocycles. The van der Waals surface area contributed by atoms with Crippen molar-refractivity contribution in [1.29, 1.82) is 0 Å². The molecule has 0 saturated heterocycles. The van der Waals surface area contributed by atoms with Crippen LogP contribution in [0.1, 0.15) is 34.1 Å². The van der Waals surface area contributed by atoms with Crippen molar-refractivity contribution in [3.8, 4) is 5.69 Å². The van der Waals surface area contributed by atoms with Gasteiger partial charge in [0.25, 0.3) is 11.8 Å². The summed E-state index contributed by atoms with van der Waals surface area (Å²) < 4.78 is 3.76. The number of rotatable bonds is 8. The minimum absolute atomic E-state index is 0.0621. The number of anilines is 1. The van der Waals surface area contributed by atoms with E-state index in [1.807, 2.05) is 66.2 Å². The first-order valence-electron chi connectivity index (χ1n) is 11.9. The molecule has 0 atom stereocenters. The second-order valence-electron chi connectivity index (χ2n) is 8.59. The van der Waals surface area contributed by atoms with Crippen LogP contribution < -0.4 is 10.6 Å². The molecule has 36 heavy (non-hydrogen) atoms. The van der Waals surface area contributed by atoms with Crippen LogP contribution >= 0.6 is 0 Å². The van der Waals surface area contributed by atoms with Gasteiger partial charge in [-0.2, -0.15) is 5.10 Å². The molecule has 0 aliphatic carbocycles. The molecule has 5 aromatic rings. The molecule has 0 saturated carbocycles. The molecule has 0 aliphatic rings. The highest BCUT2D eigenvalue weighted by Gasteiger charge is 2.12. The summed E-state index contributed by atoms with van der Waals surface area (Å²) in [5.74, 6) is -0.286. The van der Waals surface area contributed by atoms with Crippen LogP contribution in [0, 0.1) is 0 Å². The first kappa shape index (κ1) is 23.3. The van der Waals surface area contributed by atoms with Crippen molar-refractivity contribution in [2.24, 2.45) is 0 Å². The van der Waals surface area contributed by atoms with Crippen molar-refractivity contribution < 1.29 is 14.7 Å². The molecular weight excluding hydrogens is 454 g/mol.